The van der Waals surface area contributed by atoms with E-state index in [1.165, 1.54) is 0 Å². The van der Waals surface area contributed by atoms with Crippen LogP contribution in [0.1, 0.15) is 62.8 Å². The van der Waals surface area contributed by atoms with Gasteiger partial charge in [-0.1, -0.05) is 21.3 Å². The van der Waals surface area contributed by atoms with Gasteiger partial charge in [-0.25, -0.2) is 0 Å². The van der Waals surface area contributed by atoms with Crippen molar-refractivity contribution in [2.75, 3.05) is 26.4 Å². The third-order valence-corrected chi connectivity index (χ3v) is 2.65. The predicted molar refractivity (Wildman–Crippen MR) is 110 cm³/mol. The first-order valence-corrected chi connectivity index (χ1v) is 9.13. The van der Waals surface area contributed by atoms with Gasteiger partial charge in [-0.05, 0) is 47.5 Å². The van der Waals surface area contributed by atoms with Crippen LogP contribution in [0.2, 0.25) is 0 Å². The highest BCUT2D eigenvalue weighted by Gasteiger charge is 2.19. The second kappa shape index (κ2) is 16.9. The molecule has 0 fully saturated rings. The van der Waals surface area contributed by atoms with Crippen LogP contribution in [-0.2, 0) is 18.9 Å². The highest BCUT2D eigenvalue weighted by molar-refractivity contribution is 4.58. The number of nitrogens with two attached hydrogens (primary N) is 3. The highest BCUT2D eigenvalue weighted by Crippen LogP contribution is 2.12. The summed E-state index contributed by atoms with van der Waals surface area (Å²) in [6.45, 7) is 17.9. The van der Waals surface area contributed by atoms with Gasteiger partial charge in [0.15, 0.2) is 12.1 Å². The Bertz CT molecular complexity index is 273. The van der Waals surface area contributed by atoms with Gasteiger partial charge >= 0.3 is 0 Å². The minimum absolute atomic E-state index is 0. The largest absolute Gasteiger partial charge is 0.351 e. The van der Waals surface area contributed by atoms with Crippen molar-refractivity contribution >= 4 is 0 Å². The van der Waals surface area contributed by atoms with Crippen LogP contribution in [0.15, 0.2) is 0 Å². The molecule has 26 heavy (non-hydrogen) atoms. The van der Waals surface area contributed by atoms with Crippen LogP contribution in [0.4, 0.5) is 0 Å². The minimum Gasteiger partial charge on any atom is -0.351 e. The molecule has 3 atom stereocenters. The smallest absolute Gasteiger partial charge is 0.162 e. The van der Waals surface area contributed by atoms with E-state index in [2.05, 4.69) is 13.8 Å². The standard InChI is InChI=1S/C10H23NO2.C8H20N2O2.CH4/c1-8(2)6-12-10(4,5)13-7-9(3)11;1-6(9)4-11-8(3)12-5-7(2)10;/h8-9H,6-7,11H2,1-5H3;6-8H,4-5,9-10H2,1-3H3;1H4. The molecule has 0 radical (unpaired) electrons. The Hall–Kier alpha value is -0.280. The number of rotatable bonds is 12. The van der Waals surface area contributed by atoms with E-state index in [1.807, 2.05) is 41.5 Å². The lowest BCUT2D eigenvalue weighted by atomic mass is 10.2. The molecule has 0 spiro atoms. The lowest BCUT2D eigenvalue weighted by Crippen LogP contribution is -2.35. The van der Waals surface area contributed by atoms with Crippen molar-refractivity contribution < 1.29 is 18.9 Å². The van der Waals surface area contributed by atoms with Crippen LogP contribution in [0.5, 0.6) is 0 Å². The third-order valence-electron chi connectivity index (χ3n) is 2.65. The Balaban J connectivity index is -0.000000393. The molecule has 0 bridgehead atoms. The summed E-state index contributed by atoms with van der Waals surface area (Å²) >= 11 is 0. The molecule has 0 saturated heterocycles. The molecule has 0 saturated carbocycles. The molecule has 7 nitrogen and oxygen atoms in total. The van der Waals surface area contributed by atoms with Crippen molar-refractivity contribution in [2.45, 2.75) is 93.0 Å². The molecule has 0 aliphatic heterocycles. The second-order valence-corrected chi connectivity index (χ2v) is 7.58. The van der Waals surface area contributed by atoms with Gasteiger partial charge in [-0.15, -0.1) is 0 Å². The first kappa shape index (κ1) is 30.4. The molecule has 0 aliphatic carbocycles. The molecule has 162 valence electrons. The van der Waals surface area contributed by atoms with Crippen molar-refractivity contribution in [1.82, 2.24) is 0 Å². The van der Waals surface area contributed by atoms with E-state index >= 15 is 0 Å². The molecule has 0 aromatic carbocycles. The molecule has 0 aliphatic rings. The lowest BCUT2D eigenvalue weighted by molar-refractivity contribution is -0.219. The van der Waals surface area contributed by atoms with Gasteiger partial charge in [0.05, 0.1) is 26.4 Å². The average Bonchev–Trinajstić information content (AvgIpc) is 2.48. The molecule has 6 N–H and O–H groups in total. The molecule has 3 unspecified atom stereocenters. The maximum Gasteiger partial charge on any atom is 0.162 e. The van der Waals surface area contributed by atoms with Gasteiger partial charge < -0.3 is 36.1 Å². The zero-order valence-corrected chi connectivity index (χ0v) is 17.6. The predicted octanol–water partition coefficient (Wildman–Crippen LogP) is 2.46. The first-order chi connectivity index (χ1) is 11.4. The van der Waals surface area contributed by atoms with Gasteiger partial charge in [0, 0.05) is 18.1 Å². The fourth-order valence-electron chi connectivity index (χ4n) is 1.36. The Morgan fingerprint density at radius 3 is 1.31 bits per heavy atom. The van der Waals surface area contributed by atoms with Crippen LogP contribution in [0.25, 0.3) is 0 Å². The molecule has 0 amide bonds. The van der Waals surface area contributed by atoms with Crippen LogP contribution in [-0.4, -0.2) is 56.6 Å². The van der Waals surface area contributed by atoms with Gasteiger partial charge in [0.1, 0.15) is 0 Å². The number of hydrogen-bond donors (Lipinski definition) is 3. The summed E-state index contributed by atoms with van der Waals surface area (Å²) in [7, 11) is 0. The quantitative estimate of drug-likeness (QED) is 0.445. The van der Waals surface area contributed by atoms with E-state index in [0.717, 1.165) is 0 Å². The molecule has 0 aromatic rings. The third kappa shape index (κ3) is 26.0. The molecule has 0 rings (SSSR count). The van der Waals surface area contributed by atoms with E-state index < -0.39 is 5.79 Å². The van der Waals surface area contributed by atoms with Crippen LogP contribution in [0.3, 0.4) is 0 Å². The molecule has 0 aromatic heterocycles. The fourth-order valence-corrected chi connectivity index (χ4v) is 1.36. The summed E-state index contributed by atoms with van der Waals surface area (Å²) in [6, 6.07) is 0.152. The van der Waals surface area contributed by atoms with E-state index in [9.17, 15) is 0 Å². The van der Waals surface area contributed by atoms with Crippen molar-refractivity contribution in [3.8, 4) is 0 Å². The van der Waals surface area contributed by atoms with Crippen LogP contribution in [0, 0.1) is 5.92 Å². The Kier molecular flexibility index (Phi) is 19.7. The second-order valence-electron chi connectivity index (χ2n) is 7.58. The van der Waals surface area contributed by atoms with E-state index in [-0.39, 0.29) is 31.8 Å². The summed E-state index contributed by atoms with van der Waals surface area (Å²) in [4.78, 5) is 0. The van der Waals surface area contributed by atoms with E-state index in [4.69, 9.17) is 36.1 Å². The fraction of sp³-hybridized carbons (Fsp3) is 1.00. The maximum absolute atomic E-state index is 5.57. The topological polar surface area (TPSA) is 115 Å². The van der Waals surface area contributed by atoms with Crippen molar-refractivity contribution in [3.63, 3.8) is 0 Å². The van der Waals surface area contributed by atoms with E-state index in [0.29, 0.717) is 32.3 Å². The average molecular weight is 382 g/mol. The van der Waals surface area contributed by atoms with Crippen molar-refractivity contribution in [1.29, 1.82) is 0 Å². The summed E-state index contributed by atoms with van der Waals surface area (Å²) in [6.07, 6.45) is -0.220. The van der Waals surface area contributed by atoms with E-state index in [1.54, 1.807) is 0 Å². The van der Waals surface area contributed by atoms with Crippen LogP contribution < -0.4 is 17.2 Å². The normalized spacial score (nSPS) is 16.2. The monoisotopic (exact) mass is 381 g/mol. The summed E-state index contributed by atoms with van der Waals surface area (Å²) in [5.74, 6) is 0.0101. The molecule has 0 heterocycles. The van der Waals surface area contributed by atoms with Gasteiger partial charge in [0.2, 0.25) is 0 Å². The summed E-state index contributed by atoms with van der Waals surface area (Å²) in [5, 5.41) is 0. The zero-order chi connectivity index (χ0) is 20.0. The van der Waals surface area contributed by atoms with Gasteiger partial charge in [-0.2, -0.15) is 0 Å². The summed E-state index contributed by atoms with van der Waals surface area (Å²) < 4.78 is 21.6. The Labute approximate surface area is 162 Å². The van der Waals surface area contributed by atoms with Crippen molar-refractivity contribution in [2.24, 2.45) is 23.1 Å². The number of hydrogen-bond acceptors (Lipinski definition) is 7. The lowest BCUT2D eigenvalue weighted by Gasteiger charge is -2.27. The maximum atomic E-state index is 5.57. The summed E-state index contributed by atoms with van der Waals surface area (Å²) in [5.41, 5.74) is 16.6. The van der Waals surface area contributed by atoms with Crippen molar-refractivity contribution in [3.05, 3.63) is 0 Å². The highest BCUT2D eigenvalue weighted by atomic mass is 16.7. The van der Waals surface area contributed by atoms with Crippen LogP contribution >= 0.6 is 0 Å². The zero-order valence-electron chi connectivity index (χ0n) is 17.6. The Morgan fingerprint density at radius 1 is 0.654 bits per heavy atom. The molecule has 7 heteroatoms. The minimum atomic E-state index is -0.516. The van der Waals surface area contributed by atoms with Gasteiger partial charge in [-0.3, -0.25) is 0 Å². The number of ether oxygens (including phenoxy) is 4. The SMILES string of the molecule is C.CC(C)COC(C)(C)OCC(C)N.CC(N)COC(C)OCC(C)N. The Morgan fingerprint density at radius 2 is 1.00 bits per heavy atom. The first-order valence-electron chi connectivity index (χ1n) is 9.13. The molecular formula is C19H47N3O4. The molecular weight excluding hydrogens is 334 g/mol. The van der Waals surface area contributed by atoms with Gasteiger partial charge in [0.25, 0.3) is 0 Å².